The maximum atomic E-state index is 2.49. The molecular formula is C68H46N2. The van der Waals surface area contributed by atoms with Crippen molar-refractivity contribution in [1.82, 2.24) is 4.57 Å². The Labute approximate surface area is 408 Å². The van der Waals surface area contributed by atoms with Gasteiger partial charge in [-0.25, -0.2) is 0 Å². The summed E-state index contributed by atoms with van der Waals surface area (Å²) in [5.74, 6) is 0. The molecule has 2 nitrogen and oxygen atoms in total. The summed E-state index contributed by atoms with van der Waals surface area (Å²) in [4.78, 5) is 2.42. The first-order valence-corrected chi connectivity index (χ1v) is 24.3. The van der Waals surface area contributed by atoms with Crippen LogP contribution in [0.4, 0.5) is 17.1 Å². The third-order valence-electron chi connectivity index (χ3n) is 15.3. The summed E-state index contributed by atoms with van der Waals surface area (Å²) in [6, 6.07) is 103. The molecule has 2 aliphatic rings. The van der Waals surface area contributed by atoms with Gasteiger partial charge in [-0.2, -0.15) is 0 Å². The molecule has 2 aliphatic carbocycles. The Bertz CT molecular complexity index is 3840. The number of aromatic nitrogens is 1. The van der Waals surface area contributed by atoms with Crippen LogP contribution in [0.5, 0.6) is 0 Å². The minimum absolute atomic E-state index is 0.474. The van der Waals surface area contributed by atoms with Crippen molar-refractivity contribution in [3.8, 4) is 27.9 Å². The van der Waals surface area contributed by atoms with Gasteiger partial charge in [0.1, 0.15) is 0 Å². The minimum atomic E-state index is -0.517. The molecule has 12 aromatic rings. The Kier molecular flexibility index (Phi) is 9.06. The molecule has 0 unspecified atom stereocenters. The zero-order valence-corrected chi connectivity index (χ0v) is 38.5. The van der Waals surface area contributed by atoms with Crippen LogP contribution in [0.1, 0.15) is 44.5 Å². The molecule has 0 spiro atoms. The number of nitrogens with zero attached hydrogens (tertiary/aromatic N) is 2. The molecule has 0 saturated heterocycles. The maximum Gasteiger partial charge on any atom is 0.0713 e. The molecule has 0 aliphatic heterocycles. The fourth-order valence-corrected chi connectivity index (χ4v) is 12.5. The maximum absolute atomic E-state index is 2.49. The van der Waals surface area contributed by atoms with Crippen LogP contribution < -0.4 is 4.90 Å². The van der Waals surface area contributed by atoms with Gasteiger partial charge in [0.15, 0.2) is 0 Å². The average molecular weight is 891 g/mol. The zero-order chi connectivity index (χ0) is 46.2. The Hall–Kier alpha value is -8.98. The molecule has 11 aromatic carbocycles. The van der Waals surface area contributed by atoms with Crippen molar-refractivity contribution in [2.45, 2.75) is 10.8 Å². The van der Waals surface area contributed by atoms with Gasteiger partial charge in [-0.3, -0.25) is 0 Å². The Morgan fingerprint density at radius 2 is 0.600 bits per heavy atom. The first-order valence-electron chi connectivity index (χ1n) is 24.3. The summed E-state index contributed by atoms with van der Waals surface area (Å²) in [7, 11) is 0. The van der Waals surface area contributed by atoms with Crippen LogP contribution in [-0.4, -0.2) is 4.57 Å². The van der Waals surface area contributed by atoms with Crippen molar-refractivity contribution in [1.29, 1.82) is 0 Å². The molecule has 0 radical (unpaired) electrons. The summed E-state index contributed by atoms with van der Waals surface area (Å²) < 4.78 is 2.44. The van der Waals surface area contributed by atoms with Gasteiger partial charge in [-0.05, 0) is 133 Å². The zero-order valence-electron chi connectivity index (χ0n) is 38.5. The van der Waals surface area contributed by atoms with E-state index >= 15 is 0 Å². The third-order valence-corrected chi connectivity index (χ3v) is 15.3. The van der Waals surface area contributed by atoms with E-state index in [9.17, 15) is 0 Å². The second kappa shape index (κ2) is 15.8. The summed E-state index contributed by atoms with van der Waals surface area (Å²) >= 11 is 0. The van der Waals surface area contributed by atoms with Crippen molar-refractivity contribution in [3.63, 3.8) is 0 Å². The van der Waals surface area contributed by atoms with Gasteiger partial charge in [-0.1, -0.05) is 212 Å². The quantitative estimate of drug-likeness (QED) is 0.148. The molecule has 328 valence electrons. The minimum Gasteiger partial charge on any atom is -0.310 e. The van der Waals surface area contributed by atoms with E-state index in [4.69, 9.17) is 0 Å². The summed E-state index contributed by atoms with van der Waals surface area (Å²) in [5, 5.41) is 2.41. The molecule has 0 amide bonds. The van der Waals surface area contributed by atoms with Crippen LogP contribution in [0, 0.1) is 0 Å². The van der Waals surface area contributed by atoms with Crippen LogP contribution >= 0.6 is 0 Å². The van der Waals surface area contributed by atoms with Crippen molar-refractivity contribution in [2.75, 3.05) is 4.90 Å². The molecule has 70 heavy (non-hydrogen) atoms. The predicted molar refractivity (Wildman–Crippen MR) is 290 cm³/mol. The lowest BCUT2D eigenvalue weighted by atomic mass is 9.67. The lowest BCUT2D eigenvalue weighted by Gasteiger charge is -2.34. The van der Waals surface area contributed by atoms with Gasteiger partial charge in [0.25, 0.3) is 0 Å². The highest BCUT2D eigenvalue weighted by atomic mass is 15.1. The SMILES string of the molecule is c1ccc(N(c2ccc(C3(c4ccccc4)c4ccccc4-c4ccccc43)cc2)c2ccc3c(c2)c2cc(C4(c5ccccc5)c5ccccc5-c5ccccc54)ccc2n3-c2ccccc2)cc1. The van der Waals surface area contributed by atoms with Gasteiger partial charge in [0, 0.05) is 33.5 Å². The summed E-state index contributed by atoms with van der Waals surface area (Å²) in [6.07, 6.45) is 0. The number of hydrogen-bond acceptors (Lipinski definition) is 1. The molecule has 1 aromatic heterocycles. The molecular weight excluding hydrogens is 845 g/mol. The Balaban J connectivity index is 0.989. The highest BCUT2D eigenvalue weighted by Gasteiger charge is 2.47. The largest absolute Gasteiger partial charge is 0.310 e. The number of fused-ring (bicyclic) bond motifs is 9. The van der Waals surface area contributed by atoms with E-state index in [1.807, 2.05) is 0 Å². The molecule has 0 saturated carbocycles. The van der Waals surface area contributed by atoms with Crippen LogP contribution in [0.3, 0.4) is 0 Å². The van der Waals surface area contributed by atoms with Crippen molar-refractivity contribution in [2.24, 2.45) is 0 Å². The van der Waals surface area contributed by atoms with Crippen LogP contribution in [-0.2, 0) is 10.8 Å². The van der Waals surface area contributed by atoms with Gasteiger partial charge in [0.05, 0.1) is 21.9 Å². The van der Waals surface area contributed by atoms with Gasteiger partial charge >= 0.3 is 0 Å². The predicted octanol–water partition coefficient (Wildman–Crippen LogP) is 17.0. The molecule has 0 bridgehead atoms. The second-order valence-corrected chi connectivity index (χ2v) is 18.7. The van der Waals surface area contributed by atoms with E-state index in [1.165, 1.54) is 83.1 Å². The van der Waals surface area contributed by atoms with Gasteiger partial charge < -0.3 is 9.47 Å². The summed E-state index contributed by atoms with van der Waals surface area (Å²) in [5.41, 5.74) is 21.2. The molecule has 2 heteroatoms. The number of benzene rings is 11. The number of anilines is 3. The van der Waals surface area contributed by atoms with Gasteiger partial charge in [0.2, 0.25) is 0 Å². The molecule has 0 N–H and O–H groups in total. The highest BCUT2D eigenvalue weighted by molar-refractivity contribution is 6.11. The topological polar surface area (TPSA) is 8.17 Å². The van der Waals surface area contributed by atoms with Crippen LogP contribution in [0.15, 0.2) is 279 Å². The Morgan fingerprint density at radius 1 is 0.257 bits per heavy atom. The summed E-state index contributed by atoms with van der Waals surface area (Å²) in [6.45, 7) is 0. The van der Waals surface area contributed by atoms with Crippen molar-refractivity contribution >= 4 is 38.9 Å². The van der Waals surface area contributed by atoms with Gasteiger partial charge in [-0.15, -0.1) is 0 Å². The molecule has 0 fully saturated rings. The molecule has 0 atom stereocenters. The first kappa shape index (κ1) is 40.1. The van der Waals surface area contributed by atoms with E-state index in [0.717, 1.165) is 28.3 Å². The van der Waals surface area contributed by atoms with Crippen molar-refractivity contribution in [3.05, 3.63) is 324 Å². The molecule has 1 heterocycles. The fraction of sp³-hybridized carbons (Fsp3) is 0.0294. The monoisotopic (exact) mass is 890 g/mol. The fourth-order valence-electron chi connectivity index (χ4n) is 12.5. The second-order valence-electron chi connectivity index (χ2n) is 18.7. The molecule has 14 rings (SSSR count). The number of para-hydroxylation sites is 2. The average Bonchev–Trinajstić information content (AvgIpc) is 4.05. The van der Waals surface area contributed by atoms with Crippen LogP contribution in [0.2, 0.25) is 0 Å². The first-order chi connectivity index (χ1) is 34.7. The Morgan fingerprint density at radius 3 is 1.10 bits per heavy atom. The van der Waals surface area contributed by atoms with Crippen molar-refractivity contribution < 1.29 is 0 Å². The normalized spacial score (nSPS) is 13.7. The van der Waals surface area contributed by atoms with E-state index in [2.05, 4.69) is 289 Å². The van der Waals surface area contributed by atoms with Crippen LogP contribution in [0.25, 0.3) is 49.7 Å². The number of hydrogen-bond donors (Lipinski definition) is 0. The van der Waals surface area contributed by atoms with E-state index in [0.29, 0.717) is 0 Å². The number of rotatable bonds is 8. The van der Waals surface area contributed by atoms with E-state index in [-0.39, 0.29) is 0 Å². The lowest BCUT2D eigenvalue weighted by molar-refractivity contribution is 0.768. The van der Waals surface area contributed by atoms with E-state index in [1.54, 1.807) is 0 Å². The standard InChI is InChI=1S/C68H46N2/c1-5-21-47(22-6-1)67(61-33-17-13-29-55(61)56-30-14-18-34-62(56)67)49-37-40-53(41-38-49)69(51-25-9-3-10-26-51)54-42-44-66-60(46-54)59-45-50(39-43-65(59)70(66)52-27-11-4-12-28-52)68(48-23-7-2-8-24-48)63-35-19-15-31-57(63)58-32-16-20-36-64(58)68/h1-46H. The highest BCUT2D eigenvalue weighted by Crippen LogP contribution is 2.58. The third kappa shape index (κ3) is 5.68. The lowest BCUT2D eigenvalue weighted by Crippen LogP contribution is -2.28. The van der Waals surface area contributed by atoms with E-state index < -0.39 is 10.8 Å². The smallest absolute Gasteiger partial charge is 0.0713 e.